The van der Waals surface area contributed by atoms with Crippen LogP contribution in [0, 0.1) is 12.7 Å². The summed E-state index contributed by atoms with van der Waals surface area (Å²) < 4.78 is 56.2. The van der Waals surface area contributed by atoms with Gasteiger partial charge in [0.05, 0.1) is 18.1 Å². The fourth-order valence-corrected chi connectivity index (χ4v) is 4.84. The Morgan fingerprint density at radius 3 is 2.67 bits per heavy atom. The summed E-state index contributed by atoms with van der Waals surface area (Å²) in [7, 11) is 0. The van der Waals surface area contributed by atoms with E-state index >= 15 is 0 Å². The first kappa shape index (κ1) is 24.2. The van der Waals surface area contributed by atoms with Crippen LogP contribution in [0.3, 0.4) is 0 Å². The third-order valence-electron chi connectivity index (χ3n) is 5.86. The van der Waals surface area contributed by atoms with E-state index in [4.69, 9.17) is 5.11 Å². The fourth-order valence-electron chi connectivity index (χ4n) is 4.09. The molecule has 1 aliphatic rings. The number of hydrogen-bond acceptors (Lipinski definition) is 5. The largest absolute Gasteiger partial charge is 0.481 e. The van der Waals surface area contributed by atoms with Crippen LogP contribution in [-0.2, 0) is 23.1 Å². The van der Waals surface area contributed by atoms with Gasteiger partial charge in [-0.25, -0.2) is 19.3 Å². The average molecular weight is 517 g/mol. The maximum atomic E-state index is 13.9. The molecule has 186 valence electrons. The number of alkyl halides is 3. The SMILES string of the molecule is Cc1cc(-c2cn(C3CC3)c3cnc(SCc4ccc(F)c(CC(=O)O)c4)nc23)cc(C(F)(F)F)n1. The fraction of sp³-hybridized carbons (Fsp3) is 0.280. The van der Waals surface area contributed by atoms with Crippen LogP contribution in [0.1, 0.15) is 41.4 Å². The summed E-state index contributed by atoms with van der Waals surface area (Å²) in [5.74, 6) is -1.34. The summed E-state index contributed by atoms with van der Waals surface area (Å²) in [4.78, 5) is 23.7. The lowest BCUT2D eigenvalue weighted by molar-refractivity contribution is -0.141. The van der Waals surface area contributed by atoms with E-state index in [9.17, 15) is 22.4 Å². The maximum absolute atomic E-state index is 13.9. The summed E-state index contributed by atoms with van der Waals surface area (Å²) in [6.45, 7) is 1.52. The van der Waals surface area contributed by atoms with Gasteiger partial charge in [0, 0.05) is 29.2 Å². The Hall–Kier alpha value is -3.47. The Bertz CT molecular complexity index is 1480. The normalized spacial score (nSPS) is 13.9. The Morgan fingerprint density at radius 1 is 1.19 bits per heavy atom. The molecule has 0 spiro atoms. The Kier molecular flexibility index (Phi) is 6.19. The van der Waals surface area contributed by atoms with Gasteiger partial charge in [-0.3, -0.25) is 4.79 Å². The average Bonchev–Trinajstić information content (AvgIpc) is 3.58. The van der Waals surface area contributed by atoms with Gasteiger partial charge in [-0.2, -0.15) is 13.2 Å². The minimum atomic E-state index is -4.57. The molecular formula is C25H20F4N4O2S. The van der Waals surface area contributed by atoms with Crippen molar-refractivity contribution in [3.63, 3.8) is 0 Å². The number of carboxylic acid groups (broad SMARTS) is 1. The van der Waals surface area contributed by atoms with Crippen LogP contribution < -0.4 is 0 Å². The maximum Gasteiger partial charge on any atom is 0.433 e. The first-order valence-electron chi connectivity index (χ1n) is 11.1. The van der Waals surface area contributed by atoms with Crippen LogP contribution in [-0.4, -0.2) is 30.6 Å². The van der Waals surface area contributed by atoms with Crippen molar-refractivity contribution in [2.45, 2.75) is 49.3 Å². The van der Waals surface area contributed by atoms with Crippen LogP contribution in [0.25, 0.3) is 22.2 Å². The van der Waals surface area contributed by atoms with E-state index in [1.54, 1.807) is 18.3 Å². The van der Waals surface area contributed by atoms with Crippen molar-refractivity contribution in [2.24, 2.45) is 0 Å². The van der Waals surface area contributed by atoms with Crippen molar-refractivity contribution in [3.8, 4) is 11.1 Å². The molecule has 0 radical (unpaired) electrons. The molecule has 4 aromatic rings. The number of aliphatic carboxylic acids is 1. The number of nitrogens with zero attached hydrogens (tertiary/aromatic N) is 4. The third kappa shape index (κ3) is 5.06. The zero-order valence-electron chi connectivity index (χ0n) is 19.0. The molecular weight excluding hydrogens is 496 g/mol. The molecule has 5 rings (SSSR count). The number of aryl methyl sites for hydroxylation is 1. The van der Waals surface area contributed by atoms with Gasteiger partial charge in [-0.15, -0.1) is 0 Å². The van der Waals surface area contributed by atoms with Gasteiger partial charge >= 0.3 is 12.1 Å². The molecule has 1 saturated carbocycles. The second kappa shape index (κ2) is 9.20. The van der Waals surface area contributed by atoms with Gasteiger partial charge in [0.15, 0.2) is 5.16 Å². The predicted molar refractivity (Wildman–Crippen MR) is 126 cm³/mol. The van der Waals surface area contributed by atoms with Gasteiger partial charge in [-0.1, -0.05) is 23.9 Å². The molecule has 0 aliphatic heterocycles. The molecule has 0 unspecified atom stereocenters. The monoisotopic (exact) mass is 516 g/mol. The van der Waals surface area contributed by atoms with E-state index in [1.165, 1.54) is 30.8 Å². The number of benzene rings is 1. The van der Waals surface area contributed by atoms with Crippen LogP contribution in [0.5, 0.6) is 0 Å². The van der Waals surface area contributed by atoms with Gasteiger partial charge in [0.1, 0.15) is 17.0 Å². The predicted octanol–water partition coefficient (Wildman–Crippen LogP) is 6.21. The number of halogens is 4. The van der Waals surface area contributed by atoms with E-state index in [0.29, 0.717) is 33.1 Å². The van der Waals surface area contributed by atoms with Crippen LogP contribution in [0.4, 0.5) is 17.6 Å². The molecule has 0 saturated heterocycles. The minimum Gasteiger partial charge on any atom is -0.481 e. The molecule has 0 amide bonds. The van der Waals surface area contributed by atoms with Crippen LogP contribution in [0.15, 0.2) is 47.9 Å². The molecule has 0 bridgehead atoms. The highest BCUT2D eigenvalue weighted by atomic mass is 32.2. The van der Waals surface area contributed by atoms with E-state index in [2.05, 4.69) is 15.0 Å². The summed E-state index contributed by atoms with van der Waals surface area (Å²) in [6.07, 6.45) is 0.471. The molecule has 1 aromatic carbocycles. The number of carbonyl (C=O) groups is 1. The first-order chi connectivity index (χ1) is 17.1. The second-order valence-corrected chi connectivity index (χ2v) is 9.68. The third-order valence-corrected chi connectivity index (χ3v) is 6.80. The van der Waals surface area contributed by atoms with Crippen molar-refractivity contribution in [2.75, 3.05) is 0 Å². The number of thioether (sulfide) groups is 1. The number of fused-ring (bicyclic) bond motifs is 1. The molecule has 1 N–H and O–H groups in total. The van der Waals surface area contributed by atoms with E-state index < -0.39 is 30.1 Å². The molecule has 1 fully saturated rings. The van der Waals surface area contributed by atoms with E-state index in [-0.39, 0.29) is 17.3 Å². The quantitative estimate of drug-likeness (QED) is 0.179. The summed E-state index contributed by atoms with van der Waals surface area (Å²) in [5, 5.41) is 9.38. The highest BCUT2D eigenvalue weighted by molar-refractivity contribution is 7.98. The standard InChI is InChI=1S/C25H20F4N4O2S/c1-13-6-15(8-21(31-13)25(27,28)29)18-11-33(17-3-4-17)20-10-30-24(32-23(18)20)36-12-14-2-5-19(26)16(7-14)9-22(34)35/h2,5-8,10-11,17H,3-4,9,12H2,1H3,(H,34,35). The smallest absolute Gasteiger partial charge is 0.433 e. The Labute approximate surface area is 207 Å². The van der Waals surface area contributed by atoms with Crippen LogP contribution in [0.2, 0.25) is 0 Å². The summed E-state index contributed by atoms with van der Waals surface area (Å²) in [5.41, 5.74) is 2.33. The van der Waals surface area contributed by atoms with Crippen LogP contribution >= 0.6 is 11.8 Å². The number of hydrogen-bond donors (Lipinski definition) is 1. The number of pyridine rings is 1. The molecule has 11 heteroatoms. The van der Waals surface area contributed by atoms with Crippen molar-refractivity contribution < 1.29 is 27.5 Å². The molecule has 6 nitrogen and oxygen atoms in total. The van der Waals surface area contributed by atoms with Crippen molar-refractivity contribution in [1.29, 1.82) is 0 Å². The lowest BCUT2D eigenvalue weighted by Crippen LogP contribution is -2.08. The van der Waals surface area contributed by atoms with Crippen molar-refractivity contribution in [3.05, 3.63) is 71.1 Å². The summed E-state index contributed by atoms with van der Waals surface area (Å²) in [6, 6.07) is 7.22. The lowest BCUT2D eigenvalue weighted by atomic mass is 10.1. The molecule has 3 heterocycles. The van der Waals surface area contributed by atoms with Gasteiger partial charge in [0.25, 0.3) is 0 Å². The van der Waals surface area contributed by atoms with Crippen molar-refractivity contribution >= 4 is 28.8 Å². The number of aromatic nitrogens is 4. The van der Waals surface area contributed by atoms with E-state index in [1.807, 2.05) is 10.8 Å². The molecule has 3 aromatic heterocycles. The Balaban J connectivity index is 1.50. The second-order valence-electron chi connectivity index (χ2n) is 8.73. The zero-order chi connectivity index (χ0) is 25.6. The van der Waals surface area contributed by atoms with Crippen molar-refractivity contribution in [1.82, 2.24) is 19.5 Å². The zero-order valence-corrected chi connectivity index (χ0v) is 19.8. The van der Waals surface area contributed by atoms with Gasteiger partial charge in [-0.05, 0) is 54.7 Å². The molecule has 0 atom stereocenters. The van der Waals surface area contributed by atoms with Gasteiger partial charge in [0.2, 0.25) is 0 Å². The number of rotatable bonds is 7. The highest BCUT2D eigenvalue weighted by Gasteiger charge is 2.34. The lowest BCUT2D eigenvalue weighted by Gasteiger charge is -2.09. The summed E-state index contributed by atoms with van der Waals surface area (Å²) >= 11 is 1.28. The van der Waals surface area contributed by atoms with Gasteiger partial charge < -0.3 is 9.67 Å². The Morgan fingerprint density at radius 2 is 1.97 bits per heavy atom. The number of carboxylic acids is 1. The topological polar surface area (TPSA) is 80.9 Å². The first-order valence-corrected chi connectivity index (χ1v) is 12.1. The highest BCUT2D eigenvalue weighted by Crippen LogP contribution is 2.42. The minimum absolute atomic E-state index is 0.0919. The molecule has 36 heavy (non-hydrogen) atoms. The van der Waals surface area contributed by atoms with E-state index in [0.717, 1.165) is 24.4 Å². The molecule has 1 aliphatic carbocycles.